The largest absolute Gasteiger partial charge is 0.508 e. The summed E-state index contributed by atoms with van der Waals surface area (Å²) in [6.45, 7) is 3.96. The van der Waals surface area contributed by atoms with Crippen LogP contribution in [0.5, 0.6) is 11.5 Å². The number of hydrogen-bond donors (Lipinski definition) is 4. The number of phenols is 2. The second-order valence-corrected chi connectivity index (χ2v) is 5.25. The molecule has 0 bridgehead atoms. The molecule has 6 N–H and O–H groups in total. The lowest BCUT2D eigenvalue weighted by Gasteiger charge is -2.27. The van der Waals surface area contributed by atoms with Gasteiger partial charge in [-0.2, -0.15) is 0 Å². The zero-order chi connectivity index (χ0) is 14.2. The SMILES string of the molecule is CC(C)(c1cc(N)cc(O)c1)c1cc(N)cc(O)c1. The molecule has 0 heterocycles. The van der Waals surface area contributed by atoms with Crippen molar-refractivity contribution in [3.8, 4) is 11.5 Å². The van der Waals surface area contributed by atoms with E-state index in [1.54, 1.807) is 24.3 Å². The van der Waals surface area contributed by atoms with Crippen LogP contribution >= 0.6 is 0 Å². The summed E-state index contributed by atoms with van der Waals surface area (Å²) in [5.74, 6) is 0.243. The topological polar surface area (TPSA) is 92.5 Å². The molecule has 2 aromatic carbocycles. The first-order chi connectivity index (χ1) is 8.79. The molecular formula is C15H18N2O2. The van der Waals surface area contributed by atoms with Crippen LogP contribution in [0.15, 0.2) is 36.4 Å². The maximum Gasteiger partial charge on any atom is 0.117 e. The summed E-state index contributed by atoms with van der Waals surface area (Å²) in [6.07, 6.45) is 0. The van der Waals surface area contributed by atoms with Crippen LogP contribution in [0, 0.1) is 0 Å². The number of phenolic OH excluding ortho intramolecular Hbond substituents is 2. The Morgan fingerprint density at radius 1 is 0.737 bits per heavy atom. The van der Waals surface area contributed by atoms with E-state index in [9.17, 15) is 10.2 Å². The van der Waals surface area contributed by atoms with Gasteiger partial charge in [-0.25, -0.2) is 0 Å². The average Bonchev–Trinajstić information content (AvgIpc) is 2.26. The van der Waals surface area contributed by atoms with Crippen LogP contribution in [-0.4, -0.2) is 10.2 Å². The van der Waals surface area contributed by atoms with Crippen LogP contribution < -0.4 is 11.5 Å². The molecule has 0 radical (unpaired) electrons. The van der Waals surface area contributed by atoms with Crippen molar-refractivity contribution < 1.29 is 10.2 Å². The Hall–Kier alpha value is -2.36. The summed E-state index contributed by atoms with van der Waals surface area (Å²) in [5, 5.41) is 19.3. The first-order valence-corrected chi connectivity index (χ1v) is 5.99. The van der Waals surface area contributed by atoms with E-state index in [1.165, 1.54) is 12.1 Å². The molecule has 0 fully saturated rings. The summed E-state index contributed by atoms with van der Waals surface area (Å²) in [7, 11) is 0. The number of rotatable bonds is 2. The fourth-order valence-electron chi connectivity index (χ4n) is 2.16. The highest BCUT2D eigenvalue weighted by atomic mass is 16.3. The summed E-state index contributed by atoms with van der Waals surface area (Å²) in [6, 6.07) is 9.93. The molecule has 0 amide bonds. The number of benzene rings is 2. The smallest absolute Gasteiger partial charge is 0.117 e. The van der Waals surface area contributed by atoms with E-state index in [0.717, 1.165) is 11.1 Å². The lowest BCUT2D eigenvalue weighted by molar-refractivity contribution is 0.470. The molecule has 0 aliphatic rings. The van der Waals surface area contributed by atoms with E-state index in [4.69, 9.17) is 11.5 Å². The fraction of sp³-hybridized carbons (Fsp3) is 0.200. The minimum absolute atomic E-state index is 0.121. The van der Waals surface area contributed by atoms with Gasteiger partial charge in [0.05, 0.1) is 0 Å². The normalized spacial score (nSPS) is 11.5. The van der Waals surface area contributed by atoms with E-state index in [2.05, 4.69) is 0 Å². The lowest BCUT2D eigenvalue weighted by Crippen LogP contribution is -2.19. The van der Waals surface area contributed by atoms with Gasteiger partial charge in [-0.15, -0.1) is 0 Å². The zero-order valence-corrected chi connectivity index (χ0v) is 11.0. The molecule has 0 atom stereocenters. The molecule has 2 rings (SSSR count). The molecular weight excluding hydrogens is 240 g/mol. The van der Waals surface area contributed by atoms with Gasteiger partial charge in [-0.1, -0.05) is 13.8 Å². The maximum absolute atomic E-state index is 9.66. The summed E-state index contributed by atoms with van der Waals surface area (Å²) >= 11 is 0. The molecule has 0 saturated carbocycles. The van der Waals surface area contributed by atoms with Crippen LogP contribution in [-0.2, 0) is 5.41 Å². The number of nitrogen functional groups attached to an aromatic ring is 2. The van der Waals surface area contributed by atoms with Crippen LogP contribution in [0.25, 0.3) is 0 Å². The quantitative estimate of drug-likeness (QED) is 0.623. The molecule has 19 heavy (non-hydrogen) atoms. The number of nitrogens with two attached hydrogens (primary N) is 2. The predicted octanol–water partition coefficient (Wildman–Crippen LogP) is 2.59. The number of hydrogen-bond acceptors (Lipinski definition) is 4. The van der Waals surface area contributed by atoms with Crippen LogP contribution in [0.2, 0.25) is 0 Å². The van der Waals surface area contributed by atoms with Gasteiger partial charge in [0.25, 0.3) is 0 Å². The number of anilines is 2. The second kappa shape index (κ2) is 4.39. The van der Waals surface area contributed by atoms with E-state index in [0.29, 0.717) is 11.4 Å². The Kier molecular flexibility index (Phi) is 3.02. The zero-order valence-electron chi connectivity index (χ0n) is 11.0. The van der Waals surface area contributed by atoms with Crippen molar-refractivity contribution in [3.05, 3.63) is 47.5 Å². The Balaban J connectivity index is 2.57. The van der Waals surface area contributed by atoms with Crippen molar-refractivity contribution in [2.24, 2.45) is 0 Å². The molecule has 0 aliphatic heterocycles. The molecule has 0 spiro atoms. The van der Waals surface area contributed by atoms with Crippen molar-refractivity contribution in [1.82, 2.24) is 0 Å². The minimum atomic E-state index is -0.431. The molecule has 0 aliphatic carbocycles. The van der Waals surface area contributed by atoms with Crippen molar-refractivity contribution in [2.75, 3.05) is 11.5 Å². The second-order valence-electron chi connectivity index (χ2n) is 5.25. The Morgan fingerprint density at radius 2 is 1.11 bits per heavy atom. The Bertz CT molecular complexity index is 528. The van der Waals surface area contributed by atoms with Gasteiger partial charge >= 0.3 is 0 Å². The van der Waals surface area contributed by atoms with Crippen molar-refractivity contribution in [2.45, 2.75) is 19.3 Å². The van der Waals surface area contributed by atoms with Crippen LogP contribution in [0.3, 0.4) is 0 Å². The minimum Gasteiger partial charge on any atom is -0.508 e. The molecule has 4 nitrogen and oxygen atoms in total. The molecule has 2 aromatic rings. The van der Waals surface area contributed by atoms with E-state index < -0.39 is 5.41 Å². The first-order valence-electron chi connectivity index (χ1n) is 5.99. The summed E-state index contributed by atoms with van der Waals surface area (Å²) < 4.78 is 0. The summed E-state index contributed by atoms with van der Waals surface area (Å²) in [5.41, 5.74) is 13.8. The number of aromatic hydroxyl groups is 2. The van der Waals surface area contributed by atoms with Gasteiger partial charge in [0.2, 0.25) is 0 Å². The monoisotopic (exact) mass is 258 g/mol. The van der Waals surface area contributed by atoms with Gasteiger partial charge in [-0.3, -0.25) is 0 Å². The molecule has 100 valence electrons. The highest BCUT2D eigenvalue weighted by Gasteiger charge is 2.25. The third kappa shape index (κ3) is 2.57. The predicted molar refractivity (Wildman–Crippen MR) is 77.2 cm³/mol. The maximum atomic E-state index is 9.66. The fourth-order valence-corrected chi connectivity index (χ4v) is 2.16. The lowest BCUT2D eigenvalue weighted by atomic mass is 9.77. The van der Waals surface area contributed by atoms with Crippen molar-refractivity contribution >= 4 is 11.4 Å². The van der Waals surface area contributed by atoms with E-state index in [-0.39, 0.29) is 11.5 Å². The van der Waals surface area contributed by atoms with Crippen LogP contribution in [0.4, 0.5) is 11.4 Å². The third-order valence-electron chi connectivity index (χ3n) is 3.32. The average molecular weight is 258 g/mol. The van der Waals surface area contributed by atoms with E-state index in [1.807, 2.05) is 13.8 Å². The van der Waals surface area contributed by atoms with Gasteiger partial charge in [-0.05, 0) is 35.4 Å². The highest BCUT2D eigenvalue weighted by molar-refractivity contribution is 5.55. The molecule has 0 saturated heterocycles. The van der Waals surface area contributed by atoms with Crippen molar-refractivity contribution in [1.29, 1.82) is 0 Å². The van der Waals surface area contributed by atoms with Gasteiger partial charge in [0.15, 0.2) is 0 Å². The molecule has 0 unspecified atom stereocenters. The van der Waals surface area contributed by atoms with Crippen molar-refractivity contribution in [3.63, 3.8) is 0 Å². The van der Waals surface area contributed by atoms with Gasteiger partial charge < -0.3 is 21.7 Å². The summed E-state index contributed by atoms with van der Waals surface area (Å²) in [4.78, 5) is 0. The molecule has 0 aromatic heterocycles. The van der Waals surface area contributed by atoms with Gasteiger partial charge in [0, 0.05) is 28.9 Å². The standard InChI is InChI=1S/C15H18N2O2/c1-15(2,9-3-11(16)7-13(18)5-9)10-4-12(17)8-14(19)6-10/h3-8,18-19H,16-17H2,1-2H3. The van der Waals surface area contributed by atoms with E-state index >= 15 is 0 Å². The highest BCUT2D eigenvalue weighted by Crippen LogP contribution is 2.36. The third-order valence-corrected chi connectivity index (χ3v) is 3.32. The Labute approximate surface area is 112 Å². The molecule has 4 heteroatoms. The first kappa shape index (κ1) is 13.1. The van der Waals surface area contributed by atoms with Gasteiger partial charge in [0.1, 0.15) is 11.5 Å². The van der Waals surface area contributed by atoms with Crippen LogP contribution in [0.1, 0.15) is 25.0 Å². The Morgan fingerprint density at radius 3 is 1.42 bits per heavy atom.